The minimum absolute atomic E-state index is 1.10. The summed E-state index contributed by atoms with van der Waals surface area (Å²) in [6, 6.07) is 26.9. The molecule has 3 rings (SSSR count). The van der Waals surface area contributed by atoms with Gasteiger partial charge in [0.25, 0.3) is 0 Å². The van der Waals surface area contributed by atoms with E-state index < -0.39 is 0 Å². The molecule has 0 saturated carbocycles. The standard InChI is InChI=1S/C24H26/c1-3-4-20-7-9-21(10-8-20)11-12-22-13-17-24(18-14-22)23-15-5-19(2)6-16-23/h5-10,13-18H,3-4,11-12H2,1-2H3. The fourth-order valence-corrected chi connectivity index (χ4v) is 3.06. The molecular formula is C24H26. The maximum absolute atomic E-state index is 2.28. The van der Waals surface area contributed by atoms with E-state index in [-0.39, 0.29) is 0 Å². The fourth-order valence-electron chi connectivity index (χ4n) is 3.06. The molecule has 0 aliphatic carbocycles. The van der Waals surface area contributed by atoms with Crippen molar-refractivity contribution in [3.63, 3.8) is 0 Å². The van der Waals surface area contributed by atoms with Gasteiger partial charge in [0.2, 0.25) is 0 Å². The highest BCUT2D eigenvalue weighted by molar-refractivity contribution is 5.63. The maximum Gasteiger partial charge on any atom is -0.0184 e. The molecule has 0 radical (unpaired) electrons. The molecule has 0 aliphatic rings. The Bertz CT molecular complexity index is 747. The summed E-state index contributed by atoms with van der Waals surface area (Å²) in [4.78, 5) is 0. The smallest absolute Gasteiger partial charge is 0.0184 e. The average Bonchev–Trinajstić information content (AvgIpc) is 2.63. The predicted octanol–water partition coefficient (Wildman–Crippen LogP) is 6.40. The SMILES string of the molecule is CCCc1ccc(CCc2ccc(-c3ccc(C)cc3)cc2)cc1. The molecule has 0 heterocycles. The molecule has 0 atom stereocenters. The van der Waals surface area contributed by atoms with Gasteiger partial charge in [-0.3, -0.25) is 0 Å². The Balaban J connectivity index is 1.60. The molecule has 0 bridgehead atoms. The Hall–Kier alpha value is -2.34. The molecule has 0 aromatic heterocycles. The second-order valence-electron chi connectivity index (χ2n) is 6.63. The summed E-state index contributed by atoms with van der Waals surface area (Å²) < 4.78 is 0. The van der Waals surface area contributed by atoms with Gasteiger partial charge in [-0.1, -0.05) is 91.7 Å². The molecule has 24 heavy (non-hydrogen) atoms. The van der Waals surface area contributed by atoms with Crippen LogP contribution in [0.3, 0.4) is 0 Å². The topological polar surface area (TPSA) is 0 Å². The van der Waals surface area contributed by atoms with E-state index in [4.69, 9.17) is 0 Å². The summed E-state index contributed by atoms with van der Waals surface area (Å²) in [5, 5.41) is 0. The van der Waals surface area contributed by atoms with Crippen LogP contribution in [0.2, 0.25) is 0 Å². The summed E-state index contributed by atoms with van der Waals surface area (Å²) in [6.45, 7) is 4.36. The minimum atomic E-state index is 1.10. The third-order valence-corrected chi connectivity index (χ3v) is 4.60. The number of hydrogen-bond donors (Lipinski definition) is 0. The Kier molecular flexibility index (Phi) is 5.48. The first kappa shape index (κ1) is 16.5. The van der Waals surface area contributed by atoms with Crippen molar-refractivity contribution in [2.45, 2.75) is 39.5 Å². The van der Waals surface area contributed by atoms with Crippen LogP contribution in [0.1, 0.15) is 35.6 Å². The van der Waals surface area contributed by atoms with Crippen LogP contribution in [0.25, 0.3) is 11.1 Å². The van der Waals surface area contributed by atoms with Gasteiger partial charge in [0.05, 0.1) is 0 Å². The maximum atomic E-state index is 2.28. The van der Waals surface area contributed by atoms with Crippen molar-refractivity contribution < 1.29 is 0 Å². The molecule has 0 saturated heterocycles. The first-order chi connectivity index (χ1) is 11.7. The van der Waals surface area contributed by atoms with Crippen LogP contribution in [0, 0.1) is 6.92 Å². The van der Waals surface area contributed by atoms with Gasteiger partial charge >= 0.3 is 0 Å². The average molecular weight is 314 g/mol. The third-order valence-electron chi connectivity index (χ3n) is 4.60. The van der Waals surface area contributed by atoms with Gasteiger partial charge in [-0.15, -0.1) is 0 Å². The van der Waals surface area contributed by atoms with Crippen LogP contribution < -0.4 is 0 Å². The molecule has 3 aromatic rings. The van der Waals surface area contributed by atoms with E-state index >= 15 is 0 Å². The van der Waals surface area contributed by atoms with E-state index in [1.807, 2.05) is 0 Å². The quantitative estimate of drug-likeness (QED) is 0.494. The van der Waals surface area contributed by atoms with Crippen LogP contribution >= 0.6 is 0 Å². The van der Waals surface area contributed by atoms with Gasteiger partial charge in [0.15, 0.2) is 0 Å². The van der Waals surface area contributed by atoms with Crippen molar-refractivity contribution in [3.8, 4) is 11.1 Å². The van der Waals surface area contributed by atoms with Crippen molar-refractivity contribution in [1.29, 1.82) is 0 Å². The fraction of sp³-hybridized carbons (Fsp3) is 0.250. The number of benzene rings is 3. The molecular weight excluding hydrogens is 288 g/mol. The summed E-state index contributed by atoms with van der Waals surface area (Å²) >= 11 is 0. The lowest BCUT2D eigenvalue weighted by molar-refractivity contribution is 0.914. The van der Waals surface area contributed by atoms with Gasteiger partial charge in [0.1, 0.15) is 0 Å². The Labute approximate surface area is 146 Å². The summed E-state index contributed by atoms with van der Waals surface area (Å²) in [6.07, 6.45) is 4.60. The summed E-state index contributed by atoms with van der Waals surface area (Å²) in [5.74, 6) is 0. The van der Waals surface area contributed by atoms with Crippen molar-refractivity contribution in [3.05, 3.63) is 95.1 Å². The van der Waals surface area contributed by atoms with E-state index in [1.165, 1.54) is 46.2 Å². The van der Waals surface area contributed by atoms with Gasteiger partial charge in [0, 0.05) is 0 Å². The van der Waals surface area contributed by atoms with E-state index in [0.717, 1.165) is 12.8 Å². The van der Waals surface area contributed by atoms with E-state index in [1.54, 1.807) is 0 Å². The molecule has 0 nitrogen and oxygen atoms in total. The molecule has 0 N–H and O–H groups in total. The lowest BCUT2D eigenvalue weighted by Gasteiger charge is -2.06. The lowest BCUT2D eigenvalue weighted by Crippen LogP contribution is -1.92. The zero-order valence-electron chi connectivity index (χ0n) is 14.8. The van der Waals surface area contributed by atoms with Crippen molar-refractivity contribution in [2.75, 3.05) is 0 Å². The van der Waals surface area contributed by atoms with Crippen LogP contribution in [0.15, 0.2) is 72.8 Å². The lowest BCUT2D eigenvalue weighted by atomic mass is 9.99. The van der Waals surface area contributed by atoms with Crippen molar-refractivity contribution >= 4 is 0 Å². The summed E-state index contributed by atoms with van der Waals surface area (Å²) in [7, 11) is 0. The Morgan fingerprint density at radius 2 is 0.875 bits per heavy atom. The largest absolute Gasteiger partial charge is 0.0651 e. The normalized spacial score (nSPS) is 10.8. The van der Waals surface area contributed by atoms with Gasteiger partial charge in [-0.25, -0.2) is 0 Å². The second-order valence-corrected chi connectivity index (χ2v) is 6.63. The Morgan fingerprint density at radius 3 is 1.33 bits per heavy atom. The molecule has 0 amide bonds. The minimum Gasteiger partial charge on any atom is -0.0651 e. The third kappa shape index (κ3) is 4.35. The zero-order valence-corrected chi connectivity index (χ0v) is 14.8. The first-order valence-electron chi connectivity index (χ1n) is 8.98. The van der Waals surface area contributed by atoms with Crippen LogP contribution in [0.5, 0.6) is 0 Å². The number of hydrogen-bond acceptors (Lipinski definition) is 0. The highest BCUT2D eigenvalue weighted by Crippen LogP contribution is 2.21. The van der Waals surface area contributed by atoms with Crippen molar-refractivity contribution in [1.82, 2.24) is 0 Å². The Morgan fingerprint density at radius 1 is 0.500 bits per heavy atom. The molecule has 0 heteroatoms. The van der Waals surface area contributed by atoms with Crippen LogP contribution in [-0.2, 0) is 19.3 Å². The number of aryl methyl sites for hydroxylation is 4. The van der Waals surface area contributed by atoms with Crippen LogP contribution in [0.4, 0.5) is 0 Å². The van der Waals surface area contributed by atoms with Gasteiger partial charge in [-0.05, 0) is 54.0 Å². The monoisotopic (exact) mass is 314 g/mol. The van der Waals surface area contributed by atoms with E-state index in [2.05, 4.69) is 86.6 Å². The van der Waals surface area contributed by atoms with Crippen LogP contribution in [-0.4, -0.2) is 0 Å². The predicted molar refractivity (Wildman–Crippen MR) is 104 cm³/mol. The highest BCUT2D eigenvalue weighted by atomic mass is 14.1. The van der Waals surface area contributed by atoms with Gasteiger partial charge < -0.3 is 0 Å². The van der Waals surface area contributed by atoms with Crippen molar-refractivity contribution in [2.24, 2.45) is 0 Å². The summed E-state index contributed by atoms with van der Waals surface area (Å²) in [5.41, 5.74) is 8.17. The first-order valence-corrected chi connectivity index (χ1v) is 8.98. The molecule has 0 aliphatic heterocycles. The molecule has 122 valence electrons. The zero-order chi connectivity index (χ0) is 16.8. The molecule has 0 unspecified atom stereocenters. The van der Waals surface area contributed by atoms with E-state index in [9.17, 15) is 0 Å². The molecule has 3 aromatic carbocycles. The molecule has 0 spiro atoms. The van der Waals surface area contributed by atoms with E-state index in [0.29, 0.717) is 0 Å². The number of rotatable bonds is 6. The molecule has 0 fully saturated rings. The highest BCUT2D eigenvalue weighted by Gasteiger charge is 2.00. The van der Waals surface area contributed by atoms with Gasteiger partial charge in [-0.2, -0.15) is 0 Å². The second kappa shape index (κ2) is 7.97.